The van der Waals surface area contributed by atoms with Gasteiger partial charge in [0, 0.05) is 45.7 Å². The summed E-state index contributed by atoms with van der Waals surface area (Å²) in [4.78, 5) is 30.5. The van der Waals surface area contributed by atoms with Gasteiger partial charge in [0.1, 0.15) is 0 Å². The topological polar surface area (TPSA) is 55.9 Å². The number of hydrogen-bond acceptors (Lipinski definition) is 4. The highest BCUT2D eigenvalue weighted by molar-refractivity contribution is 5.85. The molecule has 3 rings (SSSR count). The smallest absolute Gasteiger partial charge is 0.262 e. The molecule has 1 saturated carbocycles. The van der Waals surface area contributed by atoms with E-state index in [1.807, 2.05) is 11.9 Å². The Labute approximate surface area is 178 Å². The van der Waals surface area contributed by atoms with Crippen LogP contribution < -0.4 is 5.32 Å². The lowest BCUT2D eigenvalue weighted by Crippen LogP contribution is -2.55. The maximum Gasteiger partial charge on any atom is 0.262 e. The Morgan fingerprint density at radius 3 is 2.21 bits per heavy atom. The summed E-state index contributed by atoms with van der Waals surface area (Å²) < 4.78 is 26.5. The average molecular weight is 445 g/mol. The first-order valence-electron chi connectivity index (χ1n) is 9.74. The lowest BCUT2D eigenvalue weighted by Gasteiger charge is -2.37. The molecule has 0 spiro atoms. The first kappa shape index (κ1) is 25.3. The maximum atomic E-state index is 13.3. The van der Waals surface area contributed by atoms with Gasteiger partial charge in [-0.25, -0.2) is 8.78 Å². The molecule has 3 aliphatic rings. The second kappa shape index (κ2) is 10.9. The van der Waals surface area contributed by atoms with E-state index in [0.717, 1.165) is 12.8 Å². The number of halogens is 4. The zero-order valence-electron chi connectivity index (χ0n) is 16.4. The van der Waals surface area contributed by atoms with E-state index in [4.69, 9.17) is 0 Å². The molecule has 0 aromatic heterocycles. The Morgan fingerprint density at radius 2 is 1.68 bits per heavy atom. The van der Waals surface area contributed by atoms with Gasteiger partial charge in [0.25, 0.3) is 5.92 Å². The van der Waals surface area contributed by atoms with Gasteiger partial charge in [0.15, 0.2) is 0 Å². The zero-order chi connectivity index (χ0) is 18.7. The van der Waals surface area contributed by atoms with Gasteiger partial charge < -0.3 is 9.80 Å². The van der Waals surface area contributed by atoms with Crippen LogP contribution in [0.25, 0.3) is 0 Å². The summed E-state index contributed by atoms with van der Waals surface area (Å²) >= 11 is 0. The third-order valence-electron chi connectivity index (χ3n) is 5.97. The van der Waals surface area contributed by atoms with Crippen LogP contribution in [0.4, 0.5) is 8.78 Å². The molecule has 2 amide bonds. The summed E-state index contributed by atoms with van der Waals surface area (Å²) in [5.41, 5.74) is 0. The fourth-order valence-electron chi connectivity index (χ4n) is 4.21. The minimum absolute atomic E-state index is 0. The van der Waals surface area contributed by atoms with Crippen LogP contribution in [0.2, 0.25) is 0 Å². The zero-order valence-corrected chi connectivity index (χ0v) is 18.0. The number of amides is 2. The molecule has 28 heavy (non-hydrogen) atoms. The van der Waals surface area contributed by atoms with Gasteiger partial charge in [-0.15, -0.1) is 24.8 Å². The van der Waals surface area contributed by atoms with Crippen molar-refractivity contribution in [3.05, 3.63) is 0 Å². The SMILES string of the molecule is CN(C(=O)CN1CCN(C(=O)C2CC(F)(F)CN2)CC1)C1CCCCC1.Cl.Cl. The third-order valence-corrected chi connectivity index (χ3v) is 5.97. The van der Waals surface area contributed by atoms with Crippen LogP contribution in [-0.4, -0.2) is 90.8 Å². The summed E-state index contributed by atoms with van der Waals surface area (Å²) in [5.74, 6) is -2.90. The summed E-state index contributed by atoms with van der Waals surface area (Å²) in [7, 11) is 1.89. The van der Waals surface area contributed by atoms with E-state index in [2.05, 4.69) is 10.2 Å². The molecule has 10 heteroatoms. The van der Waals surface area contributed by atoms with Crippen molar-refractivity contribution in [1.29, 1.82) is 0 Å². The van der Waals surface area contributed by atoms with E-state index < -0.39 is 24.9 Å². The van der Waals surface area contributed by atoms with Gasteiger partial charge in [-0.2, -0.15) is 0 Å². The highest BCUT2D eigenvalue weighted by Gasteiger charge is 2.43. The normalized spacial score (nSPS) is 25.5. The van der Waals surface area contributed by atoms with Crippen molar-refractivity contribution in [2.24, 2.45) is 0 Å². The molecule has 0 radical (unpaired) electrons. The number of piperazine rings is 1. The molecule has 1 unspecified atom stereocenters. The van der Waals surface area contributed by atoms with E-state index in [1.54, 1.807) is 4.90 Å². The number of alkyl halides is 2. The Hall–Kier alpha value is -0.700. The fraction of sp³-hybridized carbons (Fsp3) is 0.889. The summed E-state index contributed by atoms with van der Waals surface area (Å²) in [6.07, 6.45) is 5.40. The first-order chi connectivity index (χ1) is 12.4. The molecule has 164 valence electrons. The van der Waals surface area contributed by atoms with Crippen molar-refractivity contribution in [3.8, 4) is 0 Å². The predicted octanol–water partition coefficient (Wildman–Crippen LogP) is 1.76. The van der Waals surface area contributed by atoms with E-state index in [-0.39, 0.29) is 36.6 Å². The molecule has 1 N–H and O–H groups in total. The van der Waals surface area contributed by atoms with Gasteiger partial charge in [0.2, 0.25) is 11.8 Å². The van der Waals surface area contributed by atoms with Crippen molar-refractivity contribution < 1.29 is 18.4 Å². The standard InChI is InChI=1S/C18H30F2N4O2.2ClH/c1-22(14-5-3-2-4-6-14)16(25)12-23-7-9-24(10-8-23)17(26)15-11-18(19,20)13-21-15;;/h14-15,21H,2-13H2,1H3;2*1H. The largest absolute Gasteiger partial charge is 0.342 e. The van der Waals surface area contributed by atoms with Crippen molar-refractivity contribution in [3.63, 3.8) is 0 Å². The van der Waals surface area contributed by atoms with E-state index >= 15 is 0 Å². The lowest BCUT2D eigenvalue weighted by atomic mass is 9.94. The van der Waals surface area contributed by atoms with Crippen molar-refractivity contribution in [1.82, 2.24) is 20.0 Å². The Morgan fingerprint density at radius 1 is 1.07 bits per heavy atom. The van der Waals surface area contributed by atoms with Gasteiger partial charge in [-0.05, 0) is 12.8 Å². The average Bonchev–Trinajstić information content (AvgIpc) is 3.01. The molecule has 0 aromatic rings. The number of nitrogens with zero attached hydrogens (tertiary/aromatic N) is 3. The predicted molar refractivity (Wildman–Crippen MR) is 109 cm³/mol. The van der Waals surface area contributed by atoms with Crippen LogP contribution >= 0.6 is 24.8 Å². The lowest BCUT2D eigenvalue weighted by molar-refractivity contribution is -0.137. The van der Waals surface area contributed by atoms with Crippen molar-refractivity contribution >= 4 is 36.6 Å². The molecule has 0 bridgehead atoms. The number of nitrogens with one attached hydrogen (secondary N) is 1. The minimum atomic E-state index is -2.79. The van der Waals surface area contributed by atoms with Crippen LogP contribution in [-0.2, 0) is 9.59 Å². The Bertz CT molecular complexity index is 528. The molecular weight excluding hydrogens is 413 g/mol. The maximum absolute atomic E-state index is 13.3. The molecule has 2 aliphatic heterocycles. The van der Waals surface area contributed by atoms with Gasteiger partial charge in [0.05, 0.1) is 19.1 Å². The number of hydrogen-bond donors (Lipinski definition) is 1. The molecule has 1 atom stereocenters. The van der Waals surface area contributed by atoms with E-state index in [9.17, 15) is 18.4 Å². The summed E-state index contributed by atoms with van der Waals surface area (Å²) in [6.45, 7) is 2.14. The van der Waals surface area contributed by atoms with Crippen LogP contribution in [0.5, 0.6) is 0 Å². The number of carbonyl (C=O) groups is 2. The first-order valence-corrected chi connectivity index (χ1v) is 9.74. The number of likely N-dealkylation sites (N-methyl/N-ethyl adjacent to an activating group) is 1. The van der Waals surface area contributed by atoms with Gasteiger partial charge in [-0.3, -0.25) is 19.8 Å². The van der Waals surface area contributed by atoms with E-state index in [0.29, 0.717) is 38.8 Å². The third kappa shape index (κ3) is 6.40. The Balaban J connectivity index is 0.00000196. The molecule has 3 fully saturated rings. The number of rotatable bonds is 4. The molecule has 2 saturated heterocycles. The van der Waals surface area contributed by atoms with Crippen LogP contribution in [0.3, 0.4) is 0 Å². The Kier molecular flexibility index (Phi) is 9.86. The molecular formula is C18H32Cl2F2N4O2. The molecule has 6 nitrogen and oxygen atoms in total. The van der Waals surface area contributed by atoms with Crippen molar-refractivity contribution in [2.75, 3.05) is 46.3 Å². The molecule has 2 heterocycles. The summed E-state index contributed by atoms with van der Waals surface area (Å²) in [6, 6.07) is -0.426. The number of carbonyl (C=O) groups excluding carboxylic acids is 2. The van der Waals surface area contributed by atoms with Gasteiger partial charge >= 0.3 is 0 Å². The second-order valence-corrected chi connectivity index (χ2v) is 7.89. The second-order valence-electron chi connectivity index (χ2n) is 7.89. The fourth-order valence-corrected chi connectivity index (χ4v) is 4.21. The monoisotopic (exact) mass is 444 g/mol. The van der Waals surface area contributed by atoms with Gasteiger partial charge in [-0.1, -0.05) is 19.3 Å². The van der Waals surface area contributed by atoms with E-state index in [1.165, 1.54) is 19.3 Å². The highest BCUT2D eigenvalue weighted by atomic mass is 35.5. The quantitative estimate of drug-likeness (QED) is 0.717. The van der Waals surface area contributed by atoms with Crippen molar-refractivity contribution in [2.45, 2.75) is 56.5 Å². The highest BCUT2D eigenvalue weighted by Crippen LogP contribution is 2.26. The molecule has 0 aromatic carbocycles. The summed E-state index contributed by atoms with van der Waals surface area (Å²) in [5, 5.41) is 2.62. The van der Waals surface area contributed by atoms with Crippen LogP contribution in [0, 0.1) is 0 Å². The minimum Gasteiger partial charge on any atom is -0.342 e. The molecule has 1 aliphatic carbocycles. The van der Waals surface area contributed by atoms with Crippen LogP contribution in [0.1, 0.15) is 38.5 Å². The van der Waals surface area contributed by atoms with Crippen LogP contribution in [0.15, 0.2) is 0 Å².